The average molecular weight is 348 g/mol. The third kappa shape index (κ3) is 2.58. The standard InChI is InChI=1S/C16H18ClN5O2/c1-10-19-11-7-13(17)22-12(3-4-18-22)14(11)15(20-10)21-5-6-24-9-16(2,23)8-21/h3-4,7,23H,5-6,8-9H2,1-2H3. The van der Waals surface area contributed by atoms with Crippen molar-refractivity contribution in [2.75, 3.05) is 31.2 Å². The first kappa shape index (κ1) is 15.6. The van der Waals surface area contributed by atoms with E-state index in [9.17, 15) is 5.11 Å². The summed E-state index contributed by atoms with van der Waals surface area (Å²) >= 11 is 6.31. The van der Waals surface area contributed by atoms with E-state index in [1.54, 1.807) is 23.7 Å². The number of aromatic nitrogens is 4. The SMILES string of the molecule is Cc1nc(N2CCOCC(C)(O)C2)c2c(cc(Cl)n3nccc23)n1. The summed E-state index contributed by atoms with van der Waals surface area (Å²) in [5.41, 5.74) is 0.669. The number of fused-ring (bicyclic) bond motifs is 3. The number of ether oxygens (including phenoxy) is 1. The molecule has 4 rings (SSSR count). The molecule has 0 radical (unpaired) electrons. The van der Waals surface area contributed by atoms with Gasteiger partial charge in [-0.25, -0.2) is 14.5 Å². The van der Waals surface area contributed by atoms with Crippen LogP contribution in [0, 0.1) is 6.92 Å². The van der Waals surface area contributed by atoms with Gasteiger partial charge in [0.1, 0.15) is 22.4 Å². The third-order valence-electron chi connectivity index (χ3n) is 4.14. The molecule has 0 saturated carbocycles. The first-order valence-electron chi connectivity index (χ1n) is 7.80. The van der Waals surface area contributed by atoms with Crippen LogP contribution in [-0.2, 0) is 4.74 Å². The van der Waals surface area contributed by atoms with E-state index >= 15 is 0 Å². The zero-order valence-electron chi connectivity index (χ0n) is 13.5. The van der Waals surface area contributed by atoms with Crippen molar-refractivity contribution in [1.29, 1.82) is 0 Å². The number of rotatable bonds is 1. The fraction of sp³-hybridized carbons (Fsp3) is 0.438. The van der Waals surface area contributed by atoms with Gasteiger partial charge in [-0.2, -0.15) is 5.10 Å². The Morgan fingerprint density at radius 1 is 1.38 bits per heavy atom. The molecule has 1 unspecified atom stereocenters. The van der Waals surface area contributed by atoms with Gasteiger partial charge in [0.2, 0.25) is 0 Å². The molecule has 1 fully saturated rings. The molecule has 1 saturated heterocycles. The maximum absolute atomic E-state index is 10.5. The van der Waals surface area contributed by atoms with Crippen molar-refractivity contribution in [2.24, 2.45) is 0 Å². The molecule has 0 spiro atoms. The lowest BCUT2D eigenvalue weighted by atomic mass is 10.1. The van der Waals surface area contributed by atoms with Crippen LogP contribution in [-0.4, -0.2) is 56.6 Å². The van der Waals surface area contributed by atoms with Crippen molar-refractivity contribution in [3.63, 3.8) is 0 Å². The van der Waals surface area contributed by atoms with Gasteiger partial charge in [-0.3, -0.25) is 0 Å². The molecule has 0 bridgehead atoms. The van der Waals surface area contributed by atoms with Gasteiger partial charge < -0.3 is 14.7 Å². The molecule has 0 aliphatic carbocycles. The zero-order valence-corrected chi connectivity index (χ0v) is 14.3. The summed E-state index contributed by atoms with van der Waals surface area (Å²) in [6.07, 6.45) is 1.70. The number of hydrogen-bond acceptors (Lipinski definition) is 6. The summed E-state index contributed by atoms with van der Waals surface area (Å²) in [5.74, 6) is 1.42. The van der Waals surface area contributed by atoms with E-state index in [0.29, 0.717) is 37.3 Å². The Kier molecular flexibility index (Phi) is 3.59. The summed E-state index contributed by atoms with van der Waals surface area (Å²) in [6, 6.07) is 3.68. The Morgan fingerprint density at radius 2 is 2.21 bits per heavy atom. The van der Waals surface area contributed by atoms with Crippen molar-refractivity contribution < 1.29 is 9.84 Å². The van der Waals surface area contributed by atoms with Gasteiger partial charge in [0.05, 0.1) is 42.4 Å². The van der Waals surface area contributed by atoms with Crippen LogP contribution in [0.5, 0.6) is 0 Å². The average Bonchev–Trinajstić information content (AvgIpc) is 2.92. The monoisotopic (exact) mass is 347 g/mol. The number of aliphatic hydroxyl groups is 1. The van der Waals surface area contributed by atoms with E-state index in [1.807, 2.05) is 17.9 Å². The molecule has 0 aromatic carbocycles. The summed E-state index contributed by atoms with van der Waals surface area (Å²) < 4.78 is 7.19. The highest BCUT2D eigenvalue weighted by molar-refractivity contribution is 6.30. The lowest BCUT2D eigenvalue weighted by molar-refractivity contribution is -0.0123. The molecule has 1 aliphatic heterocycles. The van der Waals surface area contributed by atoms with E-state index in [2.05, 4.69) is 15.1 Å². The van der Waals surface area contributed by atoms with E-state index in [0.717, 1.165) is 22.2 Å². The molecular weight excluding hydrogens is 330 g/mol. The smallest absolute Gasteiger partial charge is 0.142 e. The summed E-state index contributed by atoms with van der Waals surface area (Å²) in [4.78, 5) is 11.2. The largest absolute Gasteiger partial charge is 0.386 e. The maximum Gasteiger partial charge on any atom is 0.142 e. The lowest BCUT2D eigenvalue weighted by Crippen LogP contribution is -2.42. The molecule has 0 amide bonds. The Hall–Kier alpha value is -1.96. The second kappa shape index (κ2) is 5.54. The van der Waals surface area contributed by atoms with E-state index in [-0.39, 0.29) is 0 Å². The second-order valence-corrected chi connectivity index (χ2v) is 6.81. The minimum absolute atomic E-state index is 0.305. The van der Waals surface area contributed by atoms with Crippen molar-refractivity contribution >= 4 is 33.8 Å². The summed E-state index contributed by atoms with van der Waals surface area (Å²) in [7, 11) is 0. The van der Waals surface area contributed by atoms with Gasteiger partial charge in [-0.15, -0.1) is 0 Å². The summed E-state index contributed by atoms with van der Waals surface area (Å²) in [6.45, 7) is 5.53. The molecule has 1 N–H and O–H groups in total. The van der Waals surface area contributed by atoms with Gasteiger partial charge in [-0.1, -0.05) is 11.6 Å². The molecule has 8 heteroatoms. The first-order valence-corrected chi connectivity index (χ1v) is 8.18. The van der Waals surface area contributed by atoms with Gasteiger partial charge in [0, 0.05) is 12.6 Å². The van der Waals surface area contributed by atoms with E-state index < -0.39 is 5.60 Å². The van der Waals surface area contributed by atoms with Crippen LogP contribution >= 0.6 is 11.6 Å². The molecule has 4 heterocycles. The number of β-amino-alcohol motifs (C(OH)–C–C–N with tert-alkyl or cyclic N) is 1. The minimum atomic E-state index is -0.940. The van der Waals surface area contributed by atoms with E-state index in [1.165, 1.54) is 0 Å². The van der Waals surface area contributed by atoms with Crippen molar-refractivity contribution in [3.8, 4) is 0 Å². The normalized spacial score (nSPS) is 22.2. The highest BCUT2D eigenvalue weighted by Gasteiger charge is 2.29. The number of aryl methyl sites for hydroxylation is 1. The Labute approximate surface area is 143 Å². The molecule has 3 aromatic rings. The highest BCUT2D eigenvalue weighted by Crippen LogP contribution is 2.32. The topological polar surface area (TPSA) is 75.8 Å². The molecule has 126 valence electrons. The van der Waals surface area contributed by atoms with Crippen molar-refractivity contribution in [3.05, 3.63) is 29.3 Å². The van der Waals surface area contributed by atoms with Gasteiger partial charge in [-0.05, 0) is 19.9 Å². The van der Waals surface area contributed by atoms with E-state index in [4.69, 9.17) is 16.3 Å². The van der Waals surface area contributed by atoms with Crippen LogP contribution in [0.1, 0.15) is 12.7 Å². The quantitative estimate of drug-likeness (QED) is 0.677. The van der Waals surface area contributed by atoms with Gasteiger partial charge in [0.25, 0.3) is 0 Å². The Morgan fingerprint density at radius 3 is 3.04 bits per heavy atom. The fourth-order valence-corrected chi connectivity index (χ4v) is 3.42. The minimum Gasteiger partial charge on any atom is -0.386 e. The highest BCUT2D eigenvalue weighted by atomic mass is 35.5. The predicted octanol–water partition coefficient (Wildman–Crippen LogP) is 1.83. The number of hydrogen-bond donors (Lipinski definition) is 1. The third-order valence-corrected chi connectivity index (χ3v) is 4.41. The molecule has 3 aromatic heterocycles. The molecule has 7 nitrogen and oxygen atoms in total. The lowest BCUT2D eigenvalue weighted by Gasteiger charge is -2.29. The van der Waals surface area contributed by atoms with Crippen molar-refractivity contribution in [2.45, 2.75) is 19.4 Å². The molecule has 1 atom stereocenters. The number of anilines is 1. The first-order chi connectivity index (χ1) is 11.4. The number of halogens is 1. The predicted molar refractivity (Wildman–Crippen MR) is 91.7 cm³/mol. The number of pyridine rings is 1. The van der Waals surface area contributed by atoms with Crippen LogP contribution in [0.25, 0.3) is 16.4 Å². The maximum atomic E-state index is 10.5. The molecule has 1 aliphatic rings. The molecular formula is C16H18ClN5O2. The van der Waals surface area contributed by atoms with Crippen LogP contribution in [0.2, 0.25) is 5.15 Å². The van der Waals surface area contributed by atoms with Crippen LogP contribution in [0.3, 0.4) is 0 Å². The van der Waals surface area contributed by atoms with Crippen LogP contribution in [0.4, 0.5) is 5.82 Å². The van der Waals surface area contributed by atoms with Crippen LogP contribution < -0.4 is 4.90 Å². The van der Waals surface area contributed by atoms with Gasteiger partial charge in [0.15, 0.2) is 0 Å². The van der Waals surface area contributed by atoms with Gasteiger partial charge >= 0.3 is 0 Å². The fourth-order valence-electron chi connectivity index (χ4n) is 3.18. The van der Waals surface area contributed by atoms with Crippen LogP contribution in [0.15, 0.2) is 18.3 Å². The second-order valence-electron chi connectivity index (χ2n) is 6.42. The van der Waals surface area contributed by atoms with Crippen molar-refractivity contribution in [1.82, 2.24) is 19.6 Å². The molecule has 24 heavy (non-hydrogen) atoms. The summed E-state index contributed by atoms with van der Waals surface area (Å²) in [5, 5.41) is 16.1. The Balaban J connectivity index is 1.98. The Bertz CT molecular complexity index is 924. The number of nitrogens with zero attached hydrogens (tertiary/aromatic N) is 5. The zero-order chi connectivity index (χ0) is 16.9.